The molecule has 1 heterocycles. The van der Waals surface area contributed by atoms with Gasteiger partial charge in [-0.3, -0.25) is 13.9 Å². The molecular weight excluding hydrogens is 287 g/mol. The molecule has 1 aromatic carbocycles. The van der Waals surface area contributed by atoms with Crippen LogP contribution in [-0.4, -0.2) is 9.13 Å². The van der Waals surface area contributed by atoms with Gasteiger partial charge in [0.05, 0.1) is 6.04 Å². The summed E-state index contributed by atoms with van der Waals surface area (Å²) in [4.78, 5) is 24.0. The molecule has 0 fully saturated rings. The summed E-state index contributed by atoms with van der Waals surface area (Å²) in [5.74, 6) is -0.332. The topological polar surface area (TPSA) is 79.8 Å². The standard InChI is InChI=1S/C15H15FN4O2/c1-9(10-6-4-5-7-12(10)16)18-13-11(8-17)14(21)20(3)15(22)19(13)2/h4-7,9,18H,1-3H3/t9-/m0/s1. The van der Waals surface area contributed by atoms with Crippen LogP contribution in [0.2, 0.25) is 0 Å². The van der Waals surface area contributed by atoms with Gasteiger partial charge in [-0.2, -0.15) is 5.26 Å². The molecule has 0 amide bonds. The minimum absolute atomic E-state index is 0.0753. The van der Waals surface area contributed by atoms with Gasteiger partial charge in [-0.05, 0) is 13.0 Å². The van der Waals surface area contributed by atoms with Crippen molar-refractivity contribution < 1.29 is 4.39 Å². The zero-order valence-electron chi connectivity index (χ0n) is 12.4. The van der Waals surface area contributed by atoms with Gasteiger partial charge in [-0.25, -0.2) is 9.18 Å². The van der Waals surface area contributed by atoms with Gasteiger partial charge >= 0.3 is 5.69 Å². The van der Waals surface area contributed by atoms with Crippen LogP contribution in [-0.2, 0) is 14.1 Å². The van der Waals surface area contributed by atoms with Crippen LogP contribution in [0.5, 0.6) is 0 Å². The largest absolute Gasteiger partial charge is 0.363 e. The highest BCUT2D eigenvalue weighted by Crippen LogP contribution is 2.21. The minimum atomic E-state index is -0.686. The molecule has 0 aliphatic carbocycles. The number of nitrogens with zero attached hydrogens (tertiary/aromatic N) is 3. The van der Waals surface area contributed by atoms with Crippen molar-refractivity contribution in [1.82, 2.24) is 9.13 Å². The molecule has 0 aliphatic heterocycles. The van der Waals surface area contributed by atoms with Gasteiger partial charge in [-0.15, -0.1) is 0 Å². The lowest BCUT2D eigenvalue weighted by atomic mass is 10.1. The Balaban J connectivity index is 2.56. The average Bonchev–Trinajstić information content (AvgIpc) is 2.51. The normalized spacial score (nSPS) is 11.8. The number of aromatic nitrogens is 2. The first-order valence-corrected chi connectivity index (χ1v) is 6.59. The van der Waals surface area contributed by atoms with Crippen molar-refractivity contribution >= 4 is 5.82 Å². The fraction of sp³-hybridized carbons (Fsp3) is 0.267. The van der Waals surface area contributed by atoms with Gasteiger partial charge in [0.15, 0.2) is 5.56 Å². The number of halogens is 1. The Morgan fingerprint density at radius 2 is 1.86 bits per heavy atom. The summed E-state index contributed by atoms with van der Waals surface area (Å²) in [5.41, 5.74) is -1.06. The Bertz CT molecular complexity index is 877. The molecule has 1 N–H and O–H groups in total. The number of hydrogen-bond donors (Lipinski definition) is 1. The molecule has 2 rings (SSSR count). The molecular formula is C15H15FN4O2. The van der Waals surface area contributed by atoms with E-state index in [0.29, 0.717) is 5.56 Å². The summed E-state index contributed by atoms with van der Waals surface area (Å²) < 4.78 is 15.8. The zero-order valence-corrected chi connectivity index (χ0v) is 12.4. The van der Waals surface area contributed by atoms with Crippen molar-refractivity contribution in [2.75, 3.05) is 5.32 Å². The first kappa shape index (κ1) is 15.5. The van der Waals surface area contributed by atoms with Crippen LogP contribution >= 0.6 is 0 Å². The lowest BCUT2D eigenvalue weighted by molar-refractivity contribution is 0.597. The average molecular weight is 302 g/mol. The predicted octanol–water partition coefficient (Wildman–Crippen LogP) is 1.27. The van der Waals surface area contributed by atoms with E-state index >= 15 is 0 Å². The van der Waals surface area contributed by atoms with Gasteiger partial charge in [0, 0.05) is 19.7 Å². The second-order valence-corrected chi connectivity index (χ2v) is 4.93. The summed E-state index contributed by atoms with van der Waals surface area (Å²) in [6, 6.07) is 7.44. The zero-order chi connectivity index (χ0) is 16.4. The first-order valence-electron chi connectivity index (χ1n) is 6.59. The Morgan fingerprint density at radius 1 is 1.23 bits per heavy atom. The molecule has 7 heteroatoms. The van der Waals surface area contributed by atoms with Gasteiger partial charge in [0.2, 0.25) is 0 Å². The third kappa shape index (κ3) is 2.51. The van der Waals surface area contributed by atoms with Crippen molar-refractivity contribution in [2.45, 2.75) is 13.0 Å². The van der Waals surface area contributed by atoms with Crippen LogP contribution in [0, 0.1) is 17.1 Å². The van der Waals surface area contributed by atoms with E-state index in [9.17, 15) is 19.2 Å². The van der Waals surface area contributed by atoms with Crippen molar-refractivity contribution in [2.24, 2.45) is 14.1 Å². The molecule has 22 heavy (non-hydrogen) atoms. The molecule has 0 saturated carbocycles. The molecule has 114 valence electrons. The summed E-state index contributed by atoms with van der Waals surface area (Å²) in [7, 11) is 2.74. The maximum atomic E-state index is 13.8. The van der Waals surface area contributed by atoms with E-state index in [-0.39, 0.29) is 11.4 Å². The molecule has 0 aliphatic rings. The summed E-state index contributed by atoms with van der Waals surface area (Å²) in [6.07, 6.45) is 0. The lowest BCUT2D eigenvalue weighted by Gasteiger charge is -2.19. The Morgan fingerprint density at radius 3 is 2.45 bits per heavy atom. The first-order chi connectivity index (χ1) is 10.4. The maximum absolute atomic E-state index is 13.8. The quantitative estimate of drug-likeness (QED) is 0.926. The minimum Gasteiger partial charge on any atom is -0.363 e. The summed E-state index contributed by atoms with van der Waals surface area (Å²) in [6.45, 7) is 1.68. The van der Waals surface area contributed by atoms with Crippen LogP contribution < -0.4 is 16.6 Å². The SMILES string of the molecule is C[C@H](Nc1c(C#N)c(=O)n(C)c(=O)n1C)c1ccccc1F. The van der Waals surface area contributed by atoms with E-state index in [1.165, 1.54) is 20.2 Å². The molecule has 0 bridgehead atoms. The summed E-state index contributed by atoms with van der Waals surface area (Å²) in [5, 5.41) is 12.1. The molecule has 0 unspecified atom stereocenters. The number of benzene rings is 1. The van der Waals surface area contributed by atoms with Crippen LogP contribution in [0.4, 0.5) is 10.2 Å². The molecule has 6 nitrogen and oxygen atoms in total. The van der Waals surface area contributed by atoms with Crippen molar-refractivity contribution in [1.29, 1.82) is 5.26 Å². The molecule has 1 aromatic heterocycles. The second-order valence-electron chi connectivity index (χ2n) is 4.93. The van der Waals surface area contributed by atoms with Crippen molar-refractivity contribution in [3.8, 4) is 6.07 Å². The van der Waals surface area contributed by atoms with Crippen molar-refractivity contribution in [3.63, 3.8) is 0 Å². The number of anilines is 1. The Kier molecular flexibility index (Phi) is 4.13. The fourth-order valence-electron chi connectivity index (χ4n) is 2.22. The van der Waals surface area contributed by atoms with Gasteiger partial charge in [-0.1, -0.05) is 18.2 Å². The van der Waals surface area contributed by atoms with E-state index in [1.54, 1.807) is 31.2 Å². The van der Waals surface area contributed by atoms with Crippen LogP contribution in [0.1, 0.15) is 24.1 Å². The third-order valence-electron chi connectivity index (χ3n) is 3.50. The third-order valence-corrected chi connectivity index (χ3v) is 3.50. The van der Waals surface area contributed by atoms with E-state index in [1.807, 2.05) is 0 Å². The highest BCUT2D eigenvalue weighted by molar-refractivity contribution is 5.52. The van der Waals surface area contributed by atoms with Gasteiger partial charge < -0.3 is 5.32 Å². The molecule has 2 aromatic rings. The van der Waals surface area contributed by atoms with E-state index in [4.69, 9.17) is 0 Å². The number of hydrogen-bond acceptors (Lipinski definition) is 4. The molecule has 0 radical (unpaired) electrons. The fourth-order valence-corrected chi connectivity index (χ4v) is 2.22. The smallest absolute Gasteiger partial charge is 0.332 e. The highest BCUT2D eigenvalue weighted by Gasteiger charge is 2.18. The highest BCUT2D eigenvalue weighted by atomic mass is 19.1. The lowest BCUT2D eigenvalue weighted by Crippen LogP contribution is -2.40. The monoisotopic (exact) mass is 302 g/mol. The van der Waals surface area contributed by atoms with Crippen molar-refractivity contribution in [3.05, 3.63) is 62.0 Å². The Labute approximate surface area is 126 Å². The number of rotatable bonds is 3. The van der Waals surface area contributed by atoms with E-state index in [2.05, 4.69) is 5.32 Å². The Hall–Kier alpha value is -2.88. The maximum Gasteiger partial charge on any atom is 0.332 e. The van der Waals surface area contributed by atoms with E-state index < -0.39 is 23.1 Å². The predicted molar refractivity (Wildman–Crippen MR) is 80.1 cm³/mol. The van der Waals surface area contributed by atoms with Crippen LogP contribution in [0.15, 0.2) is 33.9 Å². The molecule has 0 saturated heterocycles. The van der Waals surface area contributed by atoms with Gasteiger partial charge in [0.1, 0.15) is 17.7 Å². The second kappa shape index (κ2) is 5.85. The van der Waals surface area contributed by atoms with Crippen LogP contribution in [0.3, 0.4) is 0 Å². The molecule has 1 atom stereocenters. The number of nitriles is 1. The van der Waals surface area contributed by atoms with E-state index in [0.717, 1.165) is 9.13 Å². The number of nitrogens with one attached hydrogen (secondary N) is 1. The molecule has 0 spiro atoms. The van der Waals surface area contributed by atoms with Crippen LogP contribution in [0.25, 0.3) is 0 Å². The summed E-state index contributed by atoms with van der Waals surface area (Å²) >= 11 is 0. The van der Waals surface area contributed by atoms with Gasteiger partial charge in [0.25, 0.3) is 5.56 Å².